The summed E-state index contributed by atoms with van der Waals surface area (Å²) in [6.07, 6.45) is 0.824. The van der Waals surface area contributed by atoms with Crippen LogP contribution in [-0.2, 0) is 4.79 Å². The minimum atomic E-state index is -0.330. The lowest BCUT2D eigenvalue weighted by Gasteiger charge is -2.27. The summed E-state index contributed by atoms with van der Waals surface area (Å²) in [6, 6.07) is 4.07. The van der Waals surface area contributed by atoms with Gasteiger partial charge in [0, 0.05) is 24.6 Å². The van der Waals surface area contributed by atoms with Crippen molar-refractivity contribution in [3.63, 3.8) is 0 Å². The van der Waals surface area contributed by atoms with E-state index in [4.69, 9.17) is 0 Å². The zero-order valence-corrected chi connectivity index (χ0v) is 11.1. The van der Waals surface area contributed by atoms with Crippen molar-refractivity contribution in [1.82, 2.24) is 4.90 Å². The van der Waals surface area contributed by atoms with Gasteiger partial charge < -0.3 is 9.69 Å². The third kappa shape index (κ3) is 2.94. The smallest absolute Gasteiger partial charge is 0.253 e. The van der Waals surface area contributed by atoms with Crippen LogP contribution >= 0.6 is 0 Å². The van der Waals surface area contributed by atoms with Crippen molar-refractivity contribution in [1.29, 1.82) is 0 Å². The van der Waals surface area contributed by atoms with E-state index in [0.29, 0.717) is 11.1 Å². The molecule has 0 aromatic heterocycles. The number of aryl methyl sites for hydroxylation is 1. The van der Waals surface area contributed by atoms with Gasteiger partial charge in [-0.25, -0.2) is 4.39 Å². The van der Waals surface area contributed by atoms with E-state index in [-0.39, 0.29) is 23.7 Å². The summed E-state index contributed by atoms with van der Waals surface area (Å²) in [4.78, 5) is 24.4. The fourth-order valence-corrected chi connectivity index (χ4v) is 1.63. The van der Waals surface area contributed by atoms with Crippen molar-refractivity contribution in [3.8, 4) is 0 Å². The molecule has 0 spiro atoms. The first-order valence-electron chi connectivity index (χ1n) is 5.87. The number of nitrogens with zero attached hydrogens (tertiary/aromatic N) is 1. The number of benzene rings is 1. The highest BCUT2D eigenvalue weighted by molar-refractivity contribution is 5.94. The van der Waals surface area contributed by atoms with E-state index < -0.39 is 0 Å². The van der Waals surface area contributed by atoms with Crippen molar-refractivity contribution in [2.75, 3.05) is 7.05 Å². The second-order valence-electron chi connectivity index (χ2n) is 4.62. The van der Waals surface area contributed by atoms with E-state index in [1.165, 1.54) is 23.1 Å². The topological polar surface area (TPSA) is 37.4 Å². The molecule has 0 bridgehead atoms. The van der Waals surface area contributed by atoms with Crippen LogP contribution in [0.1, 0.15) is 29.8 Å². The Hall–Kier alpha value is -1.71. The lowest BCUT2D eigenvalue weighted by atomic mass is 10.0. The summed E-state index contributed by atoms with van der Waals surface area (Å²) in [5.41, 5.74) is 0.867. The molecule has 0 aliphatic rings. The average Bonchev–Trinajstić information content (AvgIpc) is 2.38. The molecule has 0 fully saturated rings. The molecule has 2 atom stereocenters. The molecular formula is C14H18FNO2. The monoisotopic (exact) mass is 251 g/mol. The van der Waals surface area contributed by atoms with Gasteiger partial charge in [-0.15, -0.1) is 0 Å². The molecule has 1 rings (SSSR count). The molecule has 0 N–H and O–H groups in total. The molecular weight excluding hydrogens is 233 g/mol. The third-order valence-electron chi connectivity index (χ3n) is 3.31. The Bertz CT molecular complexity index is 459. The van der Waals surface area contributed by atoms with Gasteiger partial charge in [0.25, 0.3) is 5.91 Å². The molecule has 1 aromatic rings. The van der Waals surface area contributed by atoms with Crippen LogP contribution in [0.15, 0.2) is 18.2 Å². The van der Waals surface area contributed by atoms with Gasteiger partial charge in [-0.3, -0.25) is 4.79 Å². The average molecular weight is 251 g/mol. The second kappa shape index (κ2) is 5.76. The maximum Gasteiger partial charge on any atom is 0.253 e. The maximum absolute atomic E-state index is 13.1. The van der Waals surface area contributed by atoms with Crippen LogP contribution in [0.5, 0.6) is 0 Å². The number of halogens is 1. The number of carbonyl (C=O) groups is 2. The number of aldehydes is 1. The fourth-order valence-electron chi connectivity index (χ4n) is 1.63. The molecule has 98 valence electrons. The zero-order valence-electron chi connectivity index (χ0n) is 11.1. The number of rotatable bonds is 4. The van der Waals surface area contributed by atoms with Gasteiger partial charge in [0.15, 0.2) is 0 Å². The molecule has 3 nitrogen and oxygen atoms in total. The lowest BCUT2D eigenvalue weighted by molar-refractivity contribution is -0.111. The maximum atomic E-state index is 13.1. The van der Waals surface area contributed by atoms with E-state index in [2.05, 4.69) is 0 Å². The third-order valence-corrected chi connectivity index (χ3v) is 3.31. The number of hydrogen-bond acceptors (Lipinski definition) is 2. The van der Waals surface area contributed by atoms with Crippen molar-refractivity contribution >= 4 is 12.2 Å². The molecule has 0 aliphatic carbocycles. The Kier molecular flexibility index (Phi) is 4.59. The second-order valence-corrected chi connectivity index (χ2v) is 4.62. The summed E-state index contributed by atoms with van der Waals surface area (Å²) in [6.45, 7) is 5.19. The van der Waals surface area contributed by atoms with Crippen molar-refractivity contribution in [2.24, 2.45) is 5.92 Å². The predicted molar refractivity (Wildman–Crippen MR) is 67.9 cm³/mol. The molecule has 1 aromatic carbocycles. The fraction of sp³-hybridized carbons (Fsp3) is 0.429. The molecule has 0 saturated heterocycles. The van der Waals surface area contributed by atoms with Gasteiger partial charge >= 0.3 is 0 Å². The first kappa shape index (κ1) is 14.4. The van der Waals surface area contributed by atoms with E-state index in [1.807, 2.05) is 6.92 Å². The molecule has 0 radical (unpaired) electrons. The number of carbonyl (C=O) groups excluding carboxylic acids is 2. The van der Waals surface area contributed by atoms with Gasteiger partial charge in [0.1, 0.15) is 12.1 Å². The summed E-state index contributed by atoms with van der Waals surface area (Å²) in [5.74, 6) is -0.775. The van der Waals surface area contributed by atoms with Crippen LogP contribution in [0.3, 0.4) is 0 Å². The minimum absolute atomic E-state index is 0.194. The van der Waals surface area contributed by atoms with Crippen molar-refractivity contribution < 1.29 is 14.0 Å². The van der Waals surface area contributed by atoms with Gasteiger partial charge in [0.2, 0.25) is 0 Å². The molecule has 2 unspecified atom stereocenters. The van der Waals surface area contributed by atoms with Crippen LogP contribution in [0.2, 0.25) is 0 Å². The van der Waals surface area contributed by atoms with Gasteiger partial charge in [-0.05, 0) is 37.6 Å². The van der Waals surface area contributed by atoms with Gasteiger partial charge in [0.05, 0.1) is 0 Å². The van der Waals surface area contributed by atoms with E-state index >= 15 is 0 Å². The minimum Gasteiger partial charge on any atom is -0.338 e. The molecule has 0 saturated carbocycles. The lowest BCUT2D eigenvalue weighted by Crippen LogP contribution is -2.39. The first-order valence-corrected chi connectivity index (χ1v) is 5.87. The highest BCUT2D eigenvalue weighted by atomic mass is 19.1. The predicted octanol–water partition coefficient (Wildman–Crippen LogP) is 2.43. The van der Waals surface area contributed by atoms with Crippen molar-refractivity contribution in [2.45, 2.75) is 26.8 Å². The Morgan fingerprint density at radius 3 is 2.50 bits per heavy atom. The summed E-state index contributed by atoms with van der Waals surface area (Å²) >= 11 is 0. The van der Waals surface area contributed by atoms with E-state index in [0.717, 1.165) is 6.29 Å². The van der Waals surface area contributed by atoms with Gasteiger partial charge in [-0.1, -0.05) is 6.92 Å². The number of hydrogen-bond donors (Lipinski definition) is 0. The Balaban J connectivity index is 2.92. The highest BCUT2D eigenvalue weighted by Crippen LogP contribution is 2.14. The largest absolute Gasteiger partial charge is 0.338 e. The SMILES string of the molecule is Cc1cc(C(=O)N(C)C(C)C(C)C=O)ccc1F. The van der Waals surface area contributed by atoms with Crippen LogP contribution in [0.25, 0.3) is 0 Å². The van der Waals surface area contributed by atoms with Crippen LogP contribution < -0.4 is 0 Å². The van der Waals surface area contributed by atoms with Crippen LogP contribution in [-0.4, -0.2) is 30.2 Å². The quantitative estimate of drug-likeness (QED) is 0.771. The molecule has 0 aliphatic heterocycles. The molecule has 4 heteroatoms. The Morgan fingerprint density at radius 1 is 1.39 bits per heavy atom. The van der Waals surface area contributed by atoms with Crippen LogP contribution in [0, 0.1) is 18.7 Å². The standard InChI is InChI=1S/C14H18FNO2/c1-9-7-12(5-6-13(9)15)14(18)16(4)11(3)10(2)8-17/h5-8,10-11H,1-4H3. The molecule has 1 amide bonds. The highest BCUT2D eigenvalue weighted by Gasteiger charge is 2.22. The summed E-state index contributed by atoms with van der Waals surface area (Å²) in [7, 11) is 1.64. The normalized spacial score (nSPS) is 13.8. The van der Waals surface area contributed by atoms with Crippen LogP contribution in [0.4, 0.5) is 4.39 Å². The summed E-state index contributed by atoms with van der Waals surface area (Å²) < 4.78 is 13.1. The zero-order chi connectivity index (χ0) is 13.9. The van der Waals surface area contributed by atoms with E-state index in [1.54, 1.807) is 20.9 Å². The van der Waals surface area contributed by atoms with Gasteiger partial charge in [-0.2, -0.15) is 0 Å². The molecule has 0 heterocycles. The molecule has 18 heavy (non-hydrogen) atoms. The number of amides is 1. The Labute approximate surface area is 107 Å². The van der Waals surface area contributed by atoms with E-state index in [9.17, 15) is 14.0 Å². The Morgan fingerprint density at radius 2 is 2.00 bits per heavy atom. The van der Waals surface area contributed by atoms with Crippen molar-refractivity contribution in [3.05, 3.63) is 35.1 Å². The first-order chi connectivity index (χ1) is 8.38. The summed E-state index contributed by atoms with van der Waals surface area (Å²) in [5, 5.41) is 0.